The highest BCUT2D eigenvalue weighted by Crippen LogP contribution is 2.71. The molecule has 5 saturated carbocycles. The second kappa shape index (κ2) is 8.84. The lowest BCUT2D eigenvalue weighted by molar-refractivity contribution is -0.172. The Hall–Kier alpha value is -1.42. The molecule has 0 heterocycles. The molecule has 0 aromatic rings. The van der Waals surface area contributed by atoms with Crippen molar-refractivity contribution >= 4 is 5.91 Å². The number of amides is 1. The summed E-state index contributed by atoms with van der Waals surface area (Å²) in [5.74, 6) is 0.624. The van der Waals surface area contributed by atoms with Crippen molar-refractivity contribution < 1.29 is 9.18 Å². The quantitative estimate of drug-likeness (QED) is 0.528. The Morgan fingerprint density at radius 3 is 2.42 bits per heavy atom. The molecule has 5 aliphatic carbocycles. The highest BCUT2D eigenvalue weighted by molar-refractivity contribution is 5.84. The fraction of sp³-hybridized carbons (Fsp3) is 0.741. The second-order valence-electron chi connectivity index (χ2n) is 11.4. The second-order valence-corrected chi connectivity index (χ2v) is 11.4. The molecule has 4 heteroatoms. The molecule has 0 saturated heterocycles. The number of hydrogen-bond acceptors (Lipinski definition) is 2. The van der Waals surface area contributed by atoms with Crippen LogP contribution in [-0.4, -0.2) is 24.7 Å². The van der Waals surface area contributed by atoms with Gasteiger partial charge in [-0.05, 0) is 101 Å². The summed E-state index contributed by atoms with van der Waals surface area (Å²) in [7, 11) is 0. The van der Waals surface area contributed by atoms with Crippen LogP contribution in [0.1, 0.15) is 84.0 Å². The van der Waals surface area contributed by atoms with Crippen LogP contribution in [0.5, 0.6) is 0 Å². The largest absolute Gasteiger partial charge is 0.353 e. The minimum Gasteiger partial charge on any atom is -0.353 e. The molecule has 0 spiro atoms. The van der Waals surface area contributed by atoms with E-state index in [2.05, 4.69) is 18.0 Å². The maximum absolute atomic E-state index is 14.5. The molecule has 31 heavy (non-hydrogen) atoms. The topological polar surface area (TPSA) is 55.1 Å². The number of rotatable bonds is 6. The van der Waals surface area contributed by atoms with Gasteiger partial charge >= 0.3 is 0 Å². The number of nitrogens with two attached hydrogens (primary N) is 1. The van der Waals surface area contributed by atoms with Crippen LogP contribution in [0.15, 0.2) is 36.5 Å². The fourth-order valence-electron chi connectivity index (χ4n) is 7.88. The highest BCUT2D eigenvalue weighted by Gasteiger charge is 2.66. The van der Waals surface area contributed by atoms with Crippen LogP contribution < -0.4 is 11.1 Å². The first-order valence-corrected chi connectivity index (χ1v) is 12.5. The summed E-state index contributed by atoms with van der Waals surface area (Å²) in [6.45, 7) is 6.12. The predicted octanol–water partition coefficient (Wildman–Crippen LogP) is 5.77. The van der Waals surface area contributed by atoms with Crippen molar-refractivity contribution in [2.45, 2.75) is 96.1 Å². The van der Waals surface area contributed by atoms with Crippen molar-refractivity contribution in [3.05, 3.63) is 36.5 Å². The molecule has 1 amide bonds. The lowest BCUT2D eigenvalue weighted by atomic mass is 9.38. The average Bonchev–Trinajstić information content (AvgIpc) is 2.71. The summed E-state index contributed by atoms with van der Waals surface area (Å²) in [5, 5.41) is 3.45. The Kier molecular flexibility index (Phi) is 6.49. The van der Waals surface area contributed by atoms with Crippen LogP contribution in [0, 0.1) is 22.2 Å². The third-order valence-corrected chi connectivity index (χ3v) is 8.82. The van der Waals surface area contributed by atoms with Gasteiger partial charge in [0.15, 0.2) is 0 Å². The zero-order chi connectivity index (χ0) is 22.1. The van der Waals surface area contributed by atoms with Crippen LogP contribution in [0.4, 0.5) is 4.39 Å². The Balaban J connectivity index is 1.55. The van der Waals surface area contributed by atoms with E-state index in [0.29, 0.717) is 18.4 Å². The fourth-order valence-corrected chi connectivity index (χ4v) is 7.88. The molecule has 0 aliphatic heterocycles. The van der Waals surface area contributed by atoms with Crippen molar-refractivity contribution in [3.63, 3.8) is 0 Å². The SMILES string of the molecule is C=C(/C=C\C=C/C)[C@]12CC3CC(C(=O)NC4CCCC(N)CCC4)(C[C@](CF)(C3)C1)C2. The summed E-state index contributed by atoms with van der Waals surface area (Å²) >= 11 is 0. The Morgan fingerprint density at radius 2 is 1.74 bits per heavy atom. The Morgan fingerprint density at radius 1 is 1.06 bits per heavy atom. The molecule has 5 fully saturated rings. The van der Waals surface area contributed by atoms with E-state index in [4.69, 9.17) is 5.73 Å². The van der Waals surface area contributed by atoms with Crippen LogP contribution in [0.2, 0.25) is 0 Å². The molecule has 5 rings (SSSR count). The van der Waals surface area contributed by atoms with Gasteiger partial charge < -0.3 is 11.1 Å². The average molecular weight is 429 g/mol. The maximum atomic E-state index is 14.5. The number of allylic oxidation sites excluding steroid dienone is 5. The van der Waals surface area contributed by atoms with Gasteiger partial charge in [0.2, 0.25) is 5.91 Å². The summed E-state index contributed by atoms with van der Waals surface area (Å²) in [4.78, 5) is 13.8. The van der Waals surface area contributed by atoms with Crippen LogP contribution in [0.25, 0.3) is 0 Å². The smallest absolute Gasteiger partial charge is 0.226 e. The van der Waals surface area contributed by atoms with Crippen molar-refractivity contribution in [3.8, 4) is 0 Å². The third kappa shape index (κ3) is 4.42. The van der Waals surface area contributed by atoms with Gasteiger partial charge in [0.1, 0.15) is 0 Å². The molecule has 5 aliphatic rings. The van der Waals surface area contributed by atoms with Gasteiger partial charge in [-0.15, -0.1) is 0 Å². The highest BCUT2D eigenvalue weighted by atomic mass is 19.1. The lowest BCUT2D eigenvalue weighted by Crippen LogP contribution is -2.62. The molecule has 172 valence electrons. The van der Waals surface area contributed by atoms with Crippen molar-refractivity contribution in [1.82, 2.24) is 5.32 Å². The number of alkyl halides is 1. The monoisotopic (exact) mass is 428 g/mol. The van der Waals surface area contributed by atoms with E-state index in [0.717, 1.165) is 76.2 Å². The summed E-state index contributed by atoms with van der Waals surface area (Å²) < 4.78 is 14.5. The minimum atomic E-state index is -0.429. The third-order valence-electron chi connectivity index (χ3n) is 8.82. The standard InChI is InChI=1S/C27H41FN2O/c1-3-4-5-8-20(2)26-14-21-13-25(16-26,19-28)17-27(15-21,18-26)24(31)30-23-11-6-9-22(29)10-7-12-23/h3-5,8,21-23H,2,6-7,9-19,29H2,1H3,(H,30,31)/b4-3-,8-5-/t21?,22?,23?,25-,26+,27?/m0/s1. The number of nitrogens with one attached hydrogen (secondary N) is 1. The zero-order valence-electron chi connectivity index (χ0n) is 19.3. The Bertz CT molecular complexity index is 750. The predicted molar refractivity (Wildman–Crippen MR) is 125 cm³/mol. The summed E-state index contributed by atoms with van der Waals surface area (Å²) in [5.41, 5.74) is 6.31. The maximum Gasteiger partial charge on any atom is 0.226 e. The normalized spacial score (nSPS) is 42.6. The molecule has 3 nitrogen and oxygen atoms in total. The van der Waals surface area contributed by atoms with E-state index >= 15 is 0 Å². The molecule has 4 atom stereocenters. The first-order valence-electron chi connectivity index (χ1n) is 12.5. The van der Waals surface area contributed by atoms with Gasteiger partial charge in [0, 0.05) is 17.5 Å². The van der Waals surface area contributed by atoms with E-state index in [-0.39, 0.29) is 29.5 Å². The van der Waals surface area contributed by atoms with Gasteiger partial charge in [-0.3, -0.25) is 9.18 Å². The molecule has 3 N–H and O–H groups in total. The molecule has 2 unspecified atom stereocenters. The van der Waals surface area contributed by atoms with Gasteiger partial charge in [-0.1, -0.05) is 30.9 Å². The van der Waals surface area contributed by atoms with E-state index in [9.17, 15) is 9.18 Å². The molecule has 0 aromatic carbocycles. The number of carbonyl (C=O) groups excluding carboxylic acids is 1. The molecule has 0 aromatic heterocycles. The van der Waals surface area contributed by atoms with E-state index in [1.54, 1.807) is 0 Å². The van der Waals surface area contributed by atoms with Gasteiger partial charge in [0.05, 0.1) is 12.1 Å². The van der Waals surface area contributed by atoms with Crippen LogP contribution in [0.3, 0.4) is 0 Å². The summed E-state index contributed by atoms with van der Waals surface area (Å²) in [6.07, 6.45) is 19.7. The Labute approximate surface area is 187 Å². The first kappa shape index (κ1) is 22.8. The summed E-state index contributed by atoms with van der Waals surface area (Å²) in [6, 6.07) is 0.550. The molecular formula is C27H41FN2O. The van der Waals surface area contributed by atoms with Crippen LogP contribution in [-0.2, 0) is 4.79 Å². The lowest BCUT2D eigenvalue weighted by Gasteiger charge is -2.66. The van der Waals surface area contributed by atoms with Crippen LogP contribution >= 0.6 is 0 Å². The van der Waals surface area contributed by atoms with Crippen molar-refractivity contribution in [2.24, 2.45) is 27.9 Å². The number of halogens is 1. The van der Waals surface area contributed by atoms with Crippen molar-refractivity contribution in [1.29, 1.82) is 0 Å². The van der Waals surface area contributed by atoms with Gasteiger partial charge in [-0.25, -0.2) is 0 Å². The molecule has 4 bridgehead atoms. The van der Waals surface area contributed by atoms with Gasteiger partial charge in [-0.2, -0.15) is 0 Å². The molecular weight excluding hydrogens is 387 g/mol. The van der Waals surface area contributed by atoms with E-state index in [1.165, 1.54) is 0 Å². The number of hydrogen-bond donors (Lipinski definition) is 2. The van der Waals surface area contributed by atoms with E-state index < -0.39 is 5.41 Å². The zero-order valence-corrected chi connectivity index (χ0v) is 19.3. The molecule has 0 radical (unpaired) electrons. The minimum absolute atomic E-state index is 0.130. The van der Waals surface area contributed by atoms with Crippen molar-refractivity contribution in [2.75, 3.05) is 6.67 Å². The van der Waals surface area contributed by atoms with Gasteiger partial charge in [0.25, 0.3) is 0 Å². The first-order chi connectivity index (χ1) is 14.8. The van der Waals surface area contributed by atoms with E-state index in [1.807, 2.05) is 25.2 Å². The number of carbonyl (C=O) groups is 1.